The summed E-state index contributed by atoms with van der Waals surface area (Å²) >= 11 is 0. The zero-order chi connectivity index (χ0) is 17.3. The van der Waals surface area contributed by atoms with E-state index < -0.39 is 0 Å². The Kier molecular flexibility index (Phi) is 8.97. The van der Waals surface area contributed by atoms with Gasteiger partial charge in [0.1, 0.15) is 12.4 Å². The van der Waals surface area contributed by atoms with E-state index in [-0.39, 0.29) is 24.0 Å². The Morgan fingerprint density at radius 3 is 2.88 bits per heavy atom. The summed E-state index contributed by atoms with van der Waals surface area (Å²) in [5.41, 5.74) is 4.34. The maximum absolute atomic E-state index is 5.57. The van der Waals surface area contributed by atoms with Gasteiger partial charge in [-0.25, -0.2) is 0 Å². The van der Waals surface area contributed by atoms with Gasteiger partial charge in [-0.2, -0.15) is 0 Å². The summed E-state index contributed by atoms with van der Waals surface area (Å²) in [7, 11) is 1.80. The first-order chi connectivity index (χ1) is 12.3. The highest BCUT2D eigenvalue weighted by atomic mass is 127. The van der Waals surface area contributed by atoms with Crippen molar-refractivity contribution in [2.75, 3.05) is 20.2 Å². The number of aliphatic imine (C=N–C) groups is 1. The van der Waals surface area contributed by atoms with Gasteiger partial charge in [-0.1, -0.05) is 18.2 Å². The lowest BCUT2D eigenvalue weighted by atomic mass is 10.1. The van der Waals surface area contributed by atoms with Gasteiger partial charge in [0.25, 0.3) is 0 Å². The maximum Gasteiger partial charge on any atom is 0.191 e. The fraction of sp³-hybridized carbons (Fsp3) is 0.450. The lowest BCUT2D eigenvalue weighted by Gasteiger charge is -2.12. The SMILES string of the molecule is CN=C(NCCCOCc1ccco1)NCc1ccc2c(c1)CCC2.I. The van der Waals surface area contributed by atoms with Crippen molar-refractivity contribution in [2.24, 2.45) is 4.99 Å². The smallest absolute Gasteiger partial charge is 0.191 e. The van der Waals surface area contributed by atoms with Crippen LogP contribution in [0.1, 0.15) is 35.3 Å². The highest BCUT2D eigenvalue weighted by Crippen LogP contribution is 2.22. The summed E-state index contributed by atoms with van der Waals surface area (Å²) in [6, 6.07) is 10.6. The molecule has 1 aliphatic rings. The molecule has 1 aliphatic carbocycles. The average molecular weight is 469 g/mol. The number of benzene rings is 1. The minimum absolute atomic E-state index is 0. The monoisotopic (exact) mass is 469 g/mol. The summed E-state index contributed by atoms with van der Waals surface area (Å²) in [5.74, 6) is 1.69. The van der Waals surface area contributed by atoms with Gasteiger partial charge in [-0.15, -0.1) is 24.0 Å². The van der Waals surface area contributed by atoms with Crippen LogP contribution in [0.5, 0.6) is 0 Å². The van der Waals surface area contributed by atoms with Gasteiger partial charge in [0.2, 0.25) is 0 Å². The lowest BCUT2D eigenvalue weighted by molar-refractivity contribution is 0.105. The third kappa shape index (κ3) is 6.32. The quantitative estimate of drug-likeness (QED) is 0.268. The first-order valence-corrected chi connectivity index (χ1v) is 9.00. The van der Waals surface area contributed by atoms with Crippen LogP contribution in [0, 0.1) is 0 Å². The van der Waals surface area contributed by atoms with E-state index in [4.69, 9.17) is 9.15 Å². The van der Waals surface area contributed by atoms with Crippen molar-refractivity contribution in [3.05, 3.63) is 59.0 Å². The van der Waals surface area contributed by atoms with Crippen molar-refractivity contribution in [3.8, 4) is 0 Å². The molecule has 2 N–H and O–H groups in total. The van der Waals surface area contributed by atoms with E-state index in [2.05, 4.69) is 33.8 Å². The van der Waals surface area contributed by atoms with Gasteiger partial charge in [-0.05, 0) is 54.5 Å². The average Bonchev–Trinajstić information content (AvgIpc) is 3.31. The normalized spacial score (nSPS) is 13.2. The molecule has 0 atom stereocenters. The molecule has 0 bridgehead atoms. The molecular formula is C20H28IN3O2. The fourth-order valence-electron chi connectivity index (χ4n) is 3.09. The first kappa shape index (κ1) is 20.8. The molecule has 26 heavy (non-hydrogen) atoms. The zero-order valence-electron chi connectivity index (χ0n) is 15.3. The van der Waals surface area contributed by atoms with E-state index in [1.54, 1.807) is 13.3 Å². The number of guanidine groups is 1. The van der Waals surface area contributed by atoms with E-state index in [1.807, 2.05) is 12.1 Å². The molecule has 142 valence electrons. The third-order valence-corrected chi connectivity index (χ3v) is 4.43. The Morgan fingerprint density at radius 2 is 2.08 bits per heavy atom. The van der Waals surface area contributed by atoms with Crippen LogP contribution in [-0.4, -0.2) is 26.2 Å². The molecule has 1 aromatic heterocycles. The van der Waals surface area contributed by atoms with Crippen molar-refractivity contribution < 1.29 is 9.15 Å². The minimum atomic E-state index is 0. The number of hydrogen-bond donors (Lipinski definition) is 2. The highest BCUT2D eigenvalue weighted by molar-refractivity contribution is 14.0. The number of nitrogens with zero attached hydrogens (tertiary/aromatic N) is 1. The fourth-order valence-corrected chi connectivity index (χ4v) is 3.09. The summed E-state index contributed by atoms with van der Waals surface area (Å²) in [6.45, 7) is 2.83. The lowest BCUT2D eigenvalue weighted by Crippen LogP contribution is -2.37. The summed E-state index contributed by atoms with van der Waals surface area (Å²) in [6.07, 6.45) is 6.32. The van der Waals surface area contributed by atoms with E-state index in [1.165, 1.54) is 36.0 Å². The minimum Gasteiger partial charge on any atom is -0.467 e. The number of rotatable bonds is 8. The number of aryl methyl sites for hydroxylation is 2. The summed E-state index contributed by atoms with van der Waals surface area (Å²) < 4.78 is 10.8. The standard InChI is InChI=1S/C20H27N3O2.HI/c1-21-20(22-10-4-11-24-15-19-7-3-12-25-19)23-14-16-8-9-17-5-2-6-18(17)13-16;/h3,7-9,12-13H,2,4-6,10-11,14-15H2,1H3,(H2,21,22,23);1H. The van der Waals surface area contributed by atoms with Gasteiger partial charge in [0.15, 0.2) is 5.96 Å². The van der Waals surface area contributed by atoms with Gasteiger partial charge in [0.05, 0.1) is 6.26 Å². The second-order valence-electron chi connectivity index (χ2n) is 6.29. The zero-order valence-corrected chi connectivity index (χ0v) is 17.6. The van der Waals surface area contributed by atoms with Gasteiger partial charge >= 0.3 is 0 Å². The summed E-state index contributed by atoms with van der Waals surface area (Å²) in [4.78, 5) is 4.27. The molecule has 6 heteroatoms. The van der Waals surface area contributed by atoms with Crippen LogP contribution in [-0.2, 0) is 30.7 Å². The molecule has 0 aliphatic heterocycles. The molecule has 0 saturated heterocycles. The van der Waals surface area contributed by atoms with Crippen LogP contribution in [0.15, 0.2) is 46.0 Å². The number of furan rings is 1. The topological polar surface area (TPSA) is 58.8 Å². The van der Waals surface area contributed by atoms with Crippen molar-refractivity contribution in [1.82, 2.24) is 10.6 Å². The van der Waals surface area contributed by atoms with Gasteiger partial charge in [-0.3, -0.25) is 4.99 Å². The molecule has 2 aromatic rings. The molecule has 0 fully saturated rings. The van der Waals surface area contributed by atoms with Crippen molar-refractivity contribution in [3.63, 3.8) is 0 Å². The van der Waals surface area contributed by atoms with Crippen molar-refractivity contribution in [1.29, 1.82) is 0 Å². The Labute approximate surface area is 172 Å². The number of ether oxygens (including phenoxy) is 1. The van der Waals surface area contributed by atoms with Crippen molar-refractivity contribution in [2.45, 2.75) is 38.8 Å². The molecule has 3 rings (SSSR count). The van der Waals surface area contributed by atoms with Crippen LogP contribution in [0.25, 0.3) is 0 Å². The highest BCUT2D eigenvalue weighted by Gasteiger charge is 2.10. The van der Waals surface area contributed by atoms with Crippen LogP contribution < -0.4 is 10.6 Å². The Hall–Kier alpha value is -1.54. The van der Waals surface area contributed by atoms with E-state index in [0.717, 1.165) is 31.2 Å². The predicted molar refractivity (Wildman–Crippen MR) is 115 cm³/mol. The van der Waals surface area contributed by atoms with Crippen molar-refractivity contribution >= 4 is 29.9 Å². The summed E-state index contributed by atoms with van der Waals surface area (Å²) in [5, 5.41) is 6.69. The van der Waals surface area contributed by atoms with E-state index in [9.17, 15) is 0 Å². The first-order valence-electron chi connectivity index (χ1n) is 9.00. The molecule has 0 amide bonds. The number of nitrogens with one attached hydrogen (secondary N) is 2. The number of hydrogen-bond acceptors (Lipinski definition) is 3. The van der Waals surface area contributed by atoms with Crippen LogP contribution in [0.2, 0.25) is 0 Å². The number of fused-ring (bicyclic) bond motifs is 1. The number of halogens is 1. The Morgan fingerprint density at radius 1 is 1.19 bits per heavy atom. The molecule has 1 aromatic carbocycles. The second kappa shape index (κ2) is 11.2. The van der Waals surface area contributed by atoms with Crippen LogP contribution >= 0.6 is 24.0 Å². The largest absolute Gasteiger partial charge is 0.467 e. The molecule has 5 nitrogen and oxygen atoms in total. The molecule has 0 spiro atoms. The molecule has 0 radical (unpaired) electrons. The molecule has 0 saturated carbocycles. The van der Waals surface area contributed by atoms with E-state index in [0.29, 0.717) is 13.2 Å². The Balaban J connectivity index is 0.00000243. The predicted octanol–water partition coefficient (Wildman–Crippen LogP) is 3.66. The van der Waals surface area contributed by atoms with E-state index >= 15 is 0 Å². The molecule has 1 heterocycles. The molecular weight excluding hydrogens is 441 g/mol. The maximum atomic E-state index is 5.57. The molecule has 0 unspecified atom stereocenters. The van der Waals surface area contributed by atoms with Gasteiger partial charge in [0, 0.05) is 26.7 Å². The second-order valence-corrected chi connectivity index (χ2v) is 6.29. The Bertz CT molecular complexity index is 686. The van der Waals surface area contributed by atoms with Gasteiger partial charge < -0.3 is 19.8 Å². The van der Waals surface area contributed by atoms with Crippen LogP contribution in [0.4, 0.5) is 0 Å². The third-order valence-electron chi connectivity index (χ3n) is 4.43. The van der Waals surface area contributed by atoms with Crippen LogP contribution in [0.3, 0.4) is 0 Å².